The Morgan fingerprint density at radius 1 is 0.893 bits per heavy atom. The quantitative estimate of drug-likeness (QED) is 0.518. The average molecular weight is 414 g/mol. The van der Waals surface area contributed by atoms with Gasteiger partial charge in [-0.2, -0.15) is 0 Å². The van der Waals surface area contributed by atoms with Gasteiger partial charge in [-0.05, 0) is 37.3 Å². The zero-order valence-electron chi connectivity index (χ0n) is 15.0. The number of hydrogen-bond acceptors (Lipinski definition) is 3. The number of Topliss-reactive ketones (excluding diaryl/α,β-unsaturated/α-hetero) is 1. The Balaban J connectivity index is 1.63. The molecule has 0 aromatic heterocycles. The van der Waals surface area contributed by atoms with E-state index in [0.717, 1.165) is 5.56 Å². The number of rotatable bonds is 6. The molecule has 0 unspecified atom stereocenters. The first kappa shape index (κ1) is 19.9. The number of benzene rings is 3. The number of hydrogen-bond donors (Lipinski definition) is 1. The van der Waals surface area contributed by atoms with E-state index in [2.05, 4.69) is 5.32 Å². The lowest BCUT2D eigenvalue weighted by Gasteiger charge is -2.09. The van der Waals surface area contributed by atoms with Crippen molar-refractivity contribution in [1.29, 1.82) is 0 Å². The third-order valence-corrected chi connectivity index (χ3v) is 4.76. The molecular formula is C22H17Cl2NO3. The molecule has 3 rings (SSSR count). The van der Waals surface area contributed by atoms with E-state index in [1.807, 2.05) is 19.1 Å². The third kappa shape index (κ3) is 5.12. The van der Waals surface area contributed by atoms with Crippen LogP contribution in [0.4, 0.5) is 5.69 Å². The first-order valence-corrected chi connectivity index (χ1v) is 9.27. The van der Waals surface area contributed by atoms with E-state index in [9.17, 15) is 9.59 Å². The molecule has 0 spiro atoms. The van der Waals surface area contributed by atoms with Gasteiger partial charge in [-0.1, -0.05) is 59.1 Å². The Kier molecular flexibility index (Phi) is 6.34. The minimum absolute atomic E-state index is 0.0900. The Morgan fingerprint density at radius 2 is 1.61 bits per heavy atom. The van der Waals surface area contributed by atoms with Crippen molar-refractivity contribution in [3.63, 3.8) is 0 Å². The van der Waals surface area contributed by atoms with Gasteiger partial charge in [0.05, 0.1) is 10.0 Å². The summed E-state index contributed by atoms with van der Waals surface area (Å²) in [5, 5.41) is 3.45. The van der Waals surface area contributed by atoms with Gasteiger partial charge < -0.3 is 10.1 Å². The smallest absolute Gasteiger partial charge is 0.255 e. The fraction of sp³-hybridized carbons (Fsp3) is 0.0909. The van der Waals surface area contributed by atoms with Gasteiger partial charge in [0.15, 0.2) is 12.4 Å². The lowest BCUT2D eigenvalue weighted by atomic mass is 10.1. The summed E-state index contributed by atoms with van der Waals surface area (Å²) in [6.07, 6.45) is 0. The summed E-state index contributed by atoms with van der Waals surface area (Å²) in [4.78, 5) is 24.6. The second-order valence-electron chi connectivity index (χ2n) is 6.19. The molecule has 0 aliphatic heterocycles. The maximum absolute atomic E-state index is 12.4. The summed E-state index contributed by atoms with van der Waals surface area (Å²) >= 11 is 11.8. The largest absolute Gasteiger partial charge is 0.485 e. The van der Waals surface area contributed by atoms with E-state index < -0.39 is 0 Å². The normalized spacial score (nSPS) is 10.4. The molecule has 3 aromatic rings. The second-order valence-corrected chi connectivity index (χ2v) is 7.00. The van der Waals surface area contributed by atoms with Crippen molar-refractivity contribution in [3.8, 4) is 5.75 Å². The number of amides is 1. The van der Waals surface area contributed by atoms with Crippen molar-refractivity contribution >= 4 is 40.6 Å². The molecule has 0 bridgehead atoms. The maximum atomic E-state index is 12.4. The topological polar surface area (TPSA) is 55.4 Å². The van der Waals surface area contributed by atoms with E-state index in [-0.39, 0.29) is 18.3 Å². The van der Waals surface area contributed by atoms with Crippen LogP contribution in [0.3, 0.4) is 0 Å². The minimum Gasteiger partial charge on any atom is -0.485 e. The highest BCUT2D eigenvalue weighted by atomic mass is 35.5. The van der Waals surface area contributed by atoms with Crippen LogP contribution in [0.1, 0.15) is 26.3 Å². The Bertz CT molecular complexity index is 1020. The predicted octanol–water partition coefficient (Wildman–Crippen LogP) is 5.82. The van der Waals surface area contributed by atoms with Crippen LogP contribution in [-0.4, -0.2) is 18.3 Å². The maximum Gasteiger partial charge on any atom is 0.255 e. The Hall–Kier alpha value is -2.82. The molecule has 28 heavy (non-hydrogen) atoms. The summed E-state index contributed by atoms with van der Waals surface area (Å²) in [6.45, 7) is 1.87. The van der Waals surface area contributed by atoms with Crippen LogP contribution in [0.5, 0.6) is 5.75 Å². The van der Waals surface area contributed by atoms with Crippen LogP contribution in [0.15, 0.2) is 66.7 Å². The number of ketones is 1. The fourth-order valence-corrected chi connectivity index (χ4v) is 2.77. The fourth-order valence-electron chi connectivity index (χ4n) is 2.48. The van der Waals surface area contributed by atoms with Gasteiger partial charge >= 0.3 is 0 Å². The van der Waals surface area contributed by atoms with Gasteiger partial charge in [-0.3, -0.25) is 9.59 Å². The van der Waals surface area contributed by atoms with Crippen molar-refractivity contribution in [1.82, 2.24) is 0 Å². The molecular weight excluding hydrogens is 397 g/mol. The Labute approximate surface area is 173 Å². The molecule has 0 aliphatic carbocycles. The predicted molar refractivity (Wildman–Crippen MR) is 112 cm³/mol. The number of halogens is 2. The zero-order valence-corrected chi connectivity index (χ0v) is 16.6. The molecule has 142 valence electrons. The first-order chi connectivity index (χ1) is 13.4. The second kappa shape index (κ2) is 8.91. The van der Waals surface area contributed by atoms with Crippen LogP contribution in [0, 0.1) is 6.92 Å². The molecule has 0 heterocycles. The van der Waals surface area contributed by atoms with Crippen molar-refractivity contribution in [2.24, 2.45) is 0 Å². The van der Waals surface area contributed by atoms with Crippen molar-refractivity contribution in [3.05, 3.63) is 93.5 Å². The summed E-state index contributed by atoms with van der Waals surface area (Å²) in [5.74, 6) is 0.0316. The van der Waals surface area contributed by atoms with E-state index >= 15 is 0 Å². The van der Waals surface area contributed by atoms with Crippen LogP contribution in [-0.2, 0) is 0 Å². The highest BCUT2D eigenvalue weighted by Crippen LogP contribution is 2.24. The van der Waals surface area contributed by atoms with Crippen molar-refractivity contribution in [2.75, 3.05) is 11.9 Å². The standard InChI is InChI=1S/C22H17Cl2NO3/c1-14-5-7-15(8-6-14)21(26)13-28-18-4-2-3-17(12-18)25-22(27)16-9-10-19(23)20(24)11-16/h2-12H,13H2,1H3,(H,25,27). The van der Waals surface area contributed by atoms with E-state index in [1.165, 1.54) is 6.07 Å². The van der Waals surface area contributed by atoms with Gasteiger partial charge in [0.25, 0.3) is 5.91 Å². The molecule has 1 amide bonds. The third-order valence-electron chi connectivity index (χ3n) is 4.02. The highest BCUT2D eigenvalue weighted by molar-refractivity contribution is 6.42. The van der Waals surface area contributed by atoms with Gasteiger partial charge in [-0.15, -0.1) is 0 Å². The van der Waals surface area contributed by atoms with Gasteiger partial charge in [-0.25, -0.2) is 0 Å². The van der Waals surface area contributed by atoms with Crippen LogP contribution >= 0.6 is 23.2 Å². The van der Waals surface area contributed by atoms with Gasteiger partial charge in [0.2, 0.25) is 0 Å². The molecule has 4 nitrogen and oxygen atoms in total. The van der Waals surface area contributed by atoms with E-state index in [0.29, 0.717) is 32.6 Å². The monoisotopic (exact) mass is 413 g/mol. The molecule has 0 atom stereocenters. The van der Waals surface area contributed by atoms with Crippen LogP contribution in [0.2, 0.25) is 10.0 Å². The summed E-state index contributed by atoms with van der Waals surface area (Å²) in [6, 6.07) is 18.8. The van der Waals surface area contributed by atoms with E-state index in [1.54, 1.807) is 48.5 Å². The van der Waals surface area contributed by atoms with E-state index in [4.69, 9.17) is 27.9 Å². The van der Waals surface area contributed by atoms with Crippen molar-refractivity contribution in [2.45, 2.75) is 6.92 Å². The molecule has 3 aromatic carbocycles. The summed E-state index contributed by atoms with van der Waals surface area (Å²) in [7, 11) is 0. The SMILES string of the molecule is Cc1ccc(C(=O)COc2cccc(NC(=O)c3ccc(Cl)c(Cl)c3)c2)cc1. The number of carbonyl (C=O) groups excluding carboxylic acids is 2. The first-order valence-electron chi connectivity index (χ1n) is 8.51. The molecule has 0 radical (unpaired) electrons. The molecule has 0 aliphatic rings. The number of ether oxygens (including phenoxy) is 1. The minimum atomic E-state index is -0.327. The molecule has 6 heteroatoms. The zero-order chi connectivity index (χ0) is 20.1. The Morgan fingerprint density at radius 3 is 2.32 bits per heavy atom. The number of nitrogens with one attached hydrogen (secondary N) is 1. The number of aryl methyl sites for hydroxylation is 1. The number of carbonyl (C=O) groups is 2. The molecule has 0 saturated carbocycles. The summed E-state index contributed by atoms with van der Waals surface area (Å²) in [5.41, 5.74) is 2.60. The molecule has 0 saturated heterocycles. The molecule has 1 N–H and O–H groups in total. The van der Waals surface area contributed by atoms with Crippen LogP contribution in [0.25, 0.3) is 0 Å². The lowest BCUT2D eigenvalue weighted by Crippen LogP contribution is -2.13. The average Bonchev–Trinajstić information content (AvgIpc) is 2.69. The van der Waals surface area contributed by atoms with Crippen molar-refractivity contribution < 1.29 is 14.3 Å². The lowest BCUT2D eigenvalue weighted by molar-refractivity contribution is 0.0920. The van der Waals surface area contributed by atoms with Gasteiger partial charge in [0.1, 0.15) is 5.75 Å². The summed E-state index contributed by atoms with van der Waals surface area (Å²) < 4.78 is 5.58. The van der Waals surface area contributed by atoms with Gasteiger partial charge in [0, 0.05) is 22.9 Å². The number of anilines is 1. The highest BCUT2D eigenvalue weighted by Gasteiger charge is 2.10. The van der Waals surface area contributed by atoms with Crippen LogP contribution < -0.4 is 10.1 Å². The molecule has 0 fully saturated rings.